The third-order valence-electron chi connectivity index (χ3n) is 3.43. The number of amides is 3. The van der Waals surface area contributed by atoms with Gasteiger partial charge in [0, 0.05) is 17.8 Å². The Labute approximate surface area is 120 Å². The fourth-order valence-corrected chi connectivity index (χ4v) is 3.50. The molecule has 1 aromatic heterocycles. The molecule has 0 radical (unpaired) electrons. The Morgan fingerprint density at radius 2 is 2.15 bits per heavy atom. The second kappa shape index (κ2) is 5.20. The van der Waals surface area contributed by atoms with Crippen molar-refractivity contribution in [2.45, 2.75) is 25.2 Å². The monoisotopic (exact) mass is 296 g/mol. The molecule has 1 aromatic rings. The summed E-state index contributed by atoms with van der Waals surface area (Å²) in [6, 6.07) is 1.79. The smallest absolute Gasteiger partial charge is 0.237 e. The molecular weight excluding hydrogens is 280 g/mol. The van der Waals surface area contributed by atoms with Crippen LogP contribution in [0.15, 0.2) is 6.07 Å². The quantitative estimate of drug-likeness (QED) is 0.745. The second-order valence-corrected chi connectivity index (χ2v) is 5.81. The van der Waals surface area contributed by atoms with Crippen molar-refractivity contribution in [3.63, 3.8) is 0 Å². The van der Waals surface area contributed by atoms with Gasteiger partial charge in [-0.15, -0.1) is 0 Å². The summed E-state index contributed by atoms with van der Waals surface area (Å²) < 4.78 is 4.16. The summed E-state index contributed by atoms with van der Waals surface area (Å²) in [4.78, 5) is 37.0. The van der Waals surface area contributed by atoms with E-state index in [4.69, 9.17) is 11.5 Å². The number of hydrogen-bond acceptors (Lipinski definition) is 5. The normalized spacial score (nSPS) is 22.2. The standard InChI is InChI=1S/C12H16N4O3S/c1-7-4-8(20-15-7)12(5-9(13)17)2-3-16(11(12)19)6-10(14)18/h4H,2-3,5-6H2,1H3,(H2,13,17)(H2,14,18). The zero-order chi connectivity index (χ0) is 14.9. The molecule has 1 atom stereocenters. The molecule has 1 fully saturated rings. The minimum Gasteiger partial charge on any atom is -0.370 e. The van der Waals surface area contributed by atoms with Crippen molar-refractivity contribution in [1.82, 2.24) is 9.27 Å². The fraction of sp³-hybridized carbons (Fsp3) is 0.500. The van der Waals surface area contributed by atoms with E-state index in [2.05, 4.69) is 4.37 Å². The Morgan fingerprint density at radius 3 is 2.65 bits per heavy atom. The molecule has 8 heteroatoms. The molecular formula is C12H16N4O3S. The first kappa shape index (κ1) is 14.4. The van der Waals surface area contributed by atoms with Gasteiger partial charge >= 0.3 is 0 Å². The van der Waals surface area contributed by atoms with Gasteiger partial charge in [-0.3, -0.25) is 14.4 Å². The van der Waals surface area contributed by atoms with Gasteiger partial charge < -0.3 is 16.4 Å². The molecule has 108 valence electrons. The number of primary amides is 2. The SMILES string of the molecule is Cc1cc(C2(CC(N)=O)CCN(CC(N)=O)C2=O)sn1. The van der Waals surface area contributed by atoms with Crippen molar-refractivity contribution in [2.24, 2.45) is 11.5 Å². The van der Waals surface area contributed by atoms with E-state index in [1.807, 2.05) is 6.92 Å². The van der Waals surface area contributed by atoms with Crippen LogP contribution in [0.5, 0.6) is 0 Å². The second-order valence-electron chi connectivity index (χ2n) is 5.00. The number of hydrogen-bond donors (Lipinski definition) is 2. The van der Waals surface area contributed by atoms with E-state index in [1.54, 1.807) is 6.07 Å². The average molecular weight is 296 g/mol. The lowest BCUT2D eigenvalue weighted by Gasteiger charge is -2.24. The van der Waals surface area contributed by atoms with Crippen LogP contribution in [0.1, 0.15) is 23.4 Å². The zero-order valence-electron chi connectivity index (χ0n) is 11.1. The molecule has 7 nitrogen and oxygen atoms in total. The van der Waals surface area contributed by atoms with Crippen LogP contribution in [0.4, 0.5) is 0 Å². The predicted octanol–water partition coefficient (Wildman–Crippen LogP) is -0.718. The first-order valence-corrected chi connectivity index (χ1v) is 6.92. The molecule has 3 amide bonds. The molecule has 4 N–H and O–H groups in total. The topological polar surface area (TPSA) is 119 Å². The number of carbonyl (C=O) groups excluding carboxylic acids is 3. The lowest BCUT2D eigenvalue weighted by molar-refractivity contribution is -0.137. The van der Waals surface area contributed by atoms with Gasteiger partial charge in [-0.05, 0) is 30.9 Å². The first-order chi connectivity index (χ1) is 9.35. The van der Waals surface area contributed by atoms with Crippen molar-refractivity contribution >= 4 is 29.3 Å². The molecule has 0 spiro atoms. The van der Waals surface area contributed by atoms with Gasteiger partial charge in [0.15, 0.2) is 0 Å². The van der Waals surface area contributed by atoms with Gasteiger partial charge in [0.2, 0.25) is 17.7 Å². The van der Waals surface area contributed by atoms with Gasteiger partial charge in [0.05, 0.1) is 17.7 Å². The van der Waals surface area contributed by atoms with Crippen LogP contribution >= 0.6 is 11.5 Å². The highest BCUT2D eigenvalue weighted by Crippen LogP contribution is 2.40. The van der Waals surface area contributed by atoms with E-state index in [-0.39, 0.29) is 18.9 Å². The Hall–Kier alpha value is -1.96. The number of aromatic nitrogens is 1. The molecule has 1 unspecified atom stereocenters. The Morgan fingerprint density at radius 1 is 1.45 bits per heavy atom. The van der Waals surface area contributed by atoms with Crippen LogP contribution in [0, 0.1) is 6.92 Å². The van der Waals surface area contributed by atoms with E-state index in [9.17, 15) is 14.4 Å². The summed E-state index contributed by atoms with van der Waals surface area (Å²) in [5.41, 5.74) is 10.2. The van der Waals surface area contributed by atoms with Gasteiger partial charge in [-0.25, -0.2) is 0 Å². The summed E-state index contributed by atoms with van der Waals surface area (Å²) in [7, 11) is 0. The summed E-state index contributed by atoms with van der Waals surface area (Å²) >= 11 is 1.19. The highest BCUT2D eigenvalue weighted by Gasteiger charge is 2.50. The van der Waals surface area contributed by atoms with Crippen molar-refractivity contribution < 1.29 is 14.4 Å². The molecule has 2 heterocycles. The van der Waals surface area contributed by atoms with Crippen molar-refractivity contribution in [3.8, 4) is 0 Å². The predicted molar refractivity (Wildman–Crippen MR) is 72.7 cm³/mol. The van der Waals surface area contributed by atoms with E-state index in [1.165, 1.54) is 16.4 Å². The lowest BCUT2D eigenvalue weighted by atomic mass is 9.81. The van der Waals surface area contributed by atoms with Gasteiger partial charge in [0.1, 0.15) is 0 Å². The molecule has 0 aromatic carbocycles. The van der Waals surface area contributed by atoms with E-state index < -0.39 is 17.2 Å². The minimum absolute atomic E-state index is 0.0806. The molecule has 1 aliphatic heterocycles. The third-order valence-corrected chi connectivity index (χ3v) is 4.51. The Bertz CT molecular complexity index is 571. The molecule has 1 saturated heterocycles. The summed E-state index contributed by atoms with van der Waals surface area (Å²) in [5, 5.41) is 0. The molecule has 2 rings (SSSR count). The van der Waals surface area contributed by atoms with Crippen molar-refractivity contribution in [1.29, 1.82) is 0 Å². The minimum atomic E-state index is -0.993. The number of carbonyl (C=O) groups is 3. The molecule has 1 aliphatic rings. The number of rotatable bonds is 5. The van der Waals surface area contributed by atoms with Gasteiger partial charge in [-0.1, -0.05) is 0 Å². The number of aryl methyl sites for hydroxylation is 1. The van der Waals surface area contributed by atoms with E-state index in [0.717, 1.165) is 5.69 Å². The molecule has 0 aliphatic carbocycles. The van der Waals surface area contributed by atoms with Crippen LogP contribution in [0.2, 0.25) is 0 Å². The first-order valence-electron chi connectivity index (χ1n) is 6.15. The van der Waals surface area contributed by atoms with Crippen molar-refractivity contribution in [3.05, 3.63) is 16.6 Å². The van der Waals surface area contributed by atoms with Crippen molar-refractivity contribution in [2.75, 3.05) is 13.1 Å². The maximum absolute atomic E-state index is 12.6. The molecule has 0 bridgehead atoms. The number of nitrogens with zero attached hydrogens (tertiary/aromatic N) is 2. The van der Waals surface area contributed by atoms with Crippen LogP contribution < -0.4 is 11.5 Å². The number of nitrogens with two attached hydrogens (primary N) is 2. The lowest BCUT2D eigenvalue weighted by Crippen LogP contribution is -2.43. The van der Waals surface area contributed by atoms with E-state index in [0.29, 0.717) is 17.8 Å². The largest absolute Gasteiger partial charge is 0.370 e. The maximum Gasteiger partial charge on any atom is 0.237 e. The average Bonchev–Trinajstić information content (AvgIpc) is 2.88. The Kier molecular flexibility index (Phi) is 3.76. The van der Waals surface area contributed by atoms with E-state index >= 15 is 0 Å². The van der Waals surface area contributed by atoms with Crippen LogP contribution in [-0.4, -0.2) is 40.1 Å². The highest BCUT2D eigenvalue weighted by atomic mass is 32.1. The van der Waals surface area contributed by atoms with Gasteiger partial charge in [0.25, 0.3) is 0 Å². The highest BCUT2D eigenvalue weighted by molar-refractivity contribution is 7.06. The molecule has 0 saturated carbocycles. The third kappa shape index (κ3) is 2.51. The van der Waals surface area contributed by atoms with Crippen LogP contribution in [0.3, 0.4) is 0 Å². The summed E-state index contributed by atoms with van der Waals surface area (Å²) in [5.74, 6) is -1.40. The fourth-order valence-electron chi connectivity index (χ4n) is 2.54. The van der Waals surface area contributed by atoms with Crippen LogP contribution in [0.25, 0.3) is 0 Å². The zero-order valence-corrected chi connectivity index (χ0v) is 11.9. The summed E-state index contributed by atoms with van der Waals surface area (Å²) in [6.45, 7) is 2.06. The summed E-state index contributed by atoms with van der Waals surface area (Å²) in [6.07, 6.45) is 0.354. The number of likely N-dealkylation sites (tertiary alicyclic amines) is 1. The van der Waals surface area contributed by atoms with Gasteiger partial charge in [-0.2, -0.15) is 4.37 Å². The molecule has 20 heavy (non-hydrogen) atoms. The Balaban J connectivity index is 2.37. The van der Waals surface area contributed by atoms with Crippen LogP contribution in [-0.2, 0) is 19.8 Å². The maximum atomic E-state index is 12.6.